The van der Waals surface area contributed by atoms with Gasteiger partial charge >= 0.3 is 0 Å². The predicted octanol–water partition coefficient (Wildman–Crippen LogP) is 3.46. The van der Waals surface area contributed by atoms with Gasteiger partial charge in [-0.15, -0.1) is 0 Å². The first-order chi connectivity index (χ1) is 7.79. The molecule has 2 rings (SSSR count). The third-order valence-corrected chi connectivity index (χ3v) is 4.16. The minimum atomic E-state index is 0.599. The van der Waals surface area contributed by atoms with Gasteiger partial charge in [-0.1, -0.05) is 26.2 Å². The Hall–Kier alpha value is -0.390. The summed E-state index contributed by atoms with van der Waals surface area (Å²) in [5.41, 5.74) is 0. The fraction of sp³-hybridized carbons (Fsp3) is 0.667. The number of rotatable bonds is 3. The van der Waals surface area contributed by atoms with Gasteiger partial charge in [-0.3, -0.25) is 0 Å². The quantitative estimate of drug-likeness (QED) is 0.862. The highest BCUT2D eigenvalue weighted by molar-refractivity contribution is 14.1. The van der Waals surface area contributed by atoms with E-state index in [9.17, 15) is 0 Å². The SMILES string of the molecule is CCC1CCCC(Nc2ncncc2I)C1. The zero-order valence-electron chi connectivity index (χ0n) is 9.62. The van der Waals surface area contributed by atoms with E-state index in [1.807, 2.05) is 6.20 Å². The Morgan fingerprint density at radius 3 is 3.12 bits per heavy atom. The van der Waals surface area contributed by atoms with Gasteiger partial charge < -0.3 is 5.32 Å². The van der Waals surface area contributed by atoms with Crippen LogP contribution in [0.15, 0.2) is 12.5 Å². The molecule has 4 heteroatoms. The van der Waals surface area contributed by atoms with Gasteiger partial charge in [-0.05, 0) is 41.4 Å². The molecule has 0 aromatic carbocycles. The Labute approximate surface area is 111 Å². The molecule has 1 aliphatic carbocycles. The van der Waals surface area contributed by atoms with Crippen LogP contribution < -0.4 is 5.32 Å². The fourth-order valence-corrected chi connectivity index (χ4v) is 2.86. The van der Waals surface area contributed by atoms with Crippen LogP contribution in [0.3, 0.4) is 0 Å². The van der Waals surface area contributed by atoms with E-state index in [1.54, 1.807) is 6.33 Å². The van der Waals surface area contributed by atoms with Crippen LogP contribution in [0.25, 0.3) is 0 Å². The summed E-state index contributed by atoms with van der Waals surface area (Å²) in [6.45, 7) is 2.29. The summed E-state index contributed by atoms with van der Waals surface area (Å²) in [6.07, 6.45) is 10.1. The Bertz CT molecular complexity index is 343. The molecule has 2 unspecified atom stereocenters. The molecule has 1 aromatic rings. The molecule has 16 heavy (non-hydrogen) atoms. The van der Waals surface area contributed by atoms with Crippen molar-refractivity contribution in [2.75, 3.05) is 5.32 Å². The van der Waals surface area contributed by atoms with Gasteiger partial charge in [0.1, 0.15) is 12.1 Å². The van der Waals surface area contributed by atoms with Crippen molar-refractivity contribution in [2.45, 2.75) is 45.1 Å². The van der Waals surface area contributed by atoms with Gasteiger partial charge in [0.25, 0.3) is 0 Å². The van der Waals surface area contributed by atoms with Crippen LogP contribution in [-0.2, 0) is 0 Å². The van der Waals surface area contributed by atoms with Crippen molar-refractivity contribution < 1.29 is 0 Å². The molecule has 1 aromatic heterocycles. The van der Waals surface area contributed by atoms with Gasteiger partial charge in [0, 0.05) is 12.2 Å². The van der Waals surface area contributed by atoms with Gasteiger partial charge in [-0.2, -0.15) is 0 Å². The summed E-state index contributed by atoms with van der Waals surface area (Å²) < 4.78 is 1.11. The maximum Gasteiger partial charge on any atom is 0.143 e. The van der Waals surface area contributed by atoms with Crippen molar-refractivity contribution in [3.05, 3.63) is 16.1 Å². The lowest BCUT2D eigenvalue weighted by Crippen LogP contribution is -2.27. The lowest BCUT2D eigenvalue weighted by molar-refractivity contribution is 0.327. The zero-order chi connectivity index (χ0) is 11.4. The summed E-state index contributed by atoms with van der Waals surface area (Å²) in [7, 11) is 0. The Morgan fingerprint density at radius 1 is 1.50 bits per heavy atom. The van der Waals surface area contributed by atoms with Crippen molar-refractivity contribution in [1.29, 1.82) is 0 Å². The number of halogens is 1. The predicted molar refractivity (Wildman–Crippen MR) is 74.4 cm³/mol. The highest BCUT2D eigenvalue weighted by Gasteiger charge is 2.21. The fourth-order valence-electron chi connectivity index (χ4n) is 2.41. The first-order valence-electron chi connectivity index (χ1n) is 6.01. The molecule has 3 nitrogen and oxygen atoms in total. The largest absolute Gasteiger partial charge is 0.366 e. The first-order valence-corrected chi connectivity index (χ1v) is 7.09. The Kier molecular flexibility index (Phi) is 4.37. The van der Waals surface area contributed by atoms with Crippen LogP contribution in [0.2, 0.25) is 0 Å². The van der Waals surface area contributed by atoms with Gasteiger partial charge in [-0.25, -0.2) is 9.97 Å². The highest BCUT2D eigenvalue weighted by Crippen LogP contribution is 2.28. The van der Waals surface area contributed by atoms with Crippen molar-refractivity contribution in [2.24, 2.45) is 5.92 Å². The van der Waals surface area contributed by atoms with Crippen molar-refractivity contribution in [3.63, 3.8) is 0 Å². The third kappa shape index (κ3) is 3.06. The standard InChI is InChI=1S/C12H18IN3/c1-2-9-4-3-5-10(6-9)16-12-11(13)7-14-8-15-12/h7-10H,2-6H2,1H3,(H,14,15,16). The number of nitrogens with one attached hydrogen (secondary N) is 1. The molecule has 1 aliphatic rings. The average molecular weight is 331 g/mol. The van der Waals surface area contributed by atoms with E-state index in [0.717, 1.165) is 15.3 Å². The maximum absolute atomic E-state index is 4.29. The molecule has 0 radical (unpaired) electrons. The van der Waals surface area contributed by atoms with Gasteiger partial charge in [0.05, 0.1) is 3.57 Å². The Balaban J connectivity index is 1.97. The van der Waals surface area contributed by atoms with E-state index < -0.39 is 0 Å². The second kappa shape index (κ2) is 5.80. The average Bonchev–Trinajstić information content (AvgIpc) is 2.32. The van der Waals surface area contributed by atoms with E-state index in [-0.39, 0.29) is 0 Å². The van der Waals surface area contributed by atoms with Crippen molar-refractivity contribution >= 4 is 28.4 Å². The topological polar surface area (TPSA) is 37.8 Å². The smallest absolute Gasteiger partial charge is 0.143 e. The van der Waals surface area contributed by atoms with Crippen LogP contribution in [0.1, 0.15) is 39.0 Å². The summed E-state index contributed by atoms with van der Waals surface area (Å²) >= 11 is 2.28. The minimum Gasteiger partial charge on any atom is -0.366 e. The Morgan fingerprint density at radius 2 is 2.38 bits per heavy atom. The molecular formula is C12H18IN3. The van der Waals surface area contributed by atoms with E-state index >= 15 is 0 Å². The lowest BCUT2D eigenvalue weighted by atomic mass is 9.84. The van der Waals surface area contributed by atoms with E-state index in [2.05, 4.69) is 44.8 Å². The van der Waals surface area contributed by atoms with Crippen molar-refractivity contribution in [1.82, 2.24) is 9.97 Å². The molecule has 88 valence electrons. The number of hydrogen-bond donors (Lipinski definition) is 1. The third-order valence-electron chi connectivity index (χ3n) is 3.37. The molecule has 0 bridgehead atoms. The van der Waals surface area contributed by atoms with Crippen LogP contribution in [0.5, 0.6) is 0 Å². The molecule has 1 N–H and O–H groups in total. The van der Waals surface area contributed by atoms with Crippen LogP contribution >= 0.6 is 22.6 Å². The molecule has 0 aliphatic heterocycles. The van der Waals surface area contributed by atoms with Crippen LogP contribution in [0, 0.1) is 9.49 Å². The van der Waals surface area contributed by atoms with Gasteiger partial charge in [0.15, 0.2) is 0 Å². The minimum absolute atomic E-state index is 0.599. The number of hydrogen-bond acceptors (Lipinski definition) is 3. The summed E-state index contributed by atoms with van der Waals surface area (Å²) in [6, 6.07) is 0.599. The van der Waals surface area contributed by atoms with Crippen molar-refractivity contribution in [3.8, 4) is 0 Å². The van der Waals surface area contributed by atoms with Crippen LogP contribution in [0.4, 0.5) is 5.82 Å². The monoisotopic (exact) mass is 331 g/mol. The lowest BCUT2D eigenvalue weighted by Gasteiger charge is -2.29. The van der Waals surface area contributed by atoms with Gasteiger partial charge in [0.2, 0.25) is 0 Å². The molecule has 0 spiro atoms. The number of nitrogens with zero attached hydrogens (tertiary/aromatic N) is 2. The normalized spacial score (nSPS) is 25.4. The van der Waals surface area contributed by atoms with Crippen LogP contribution in [-0.4, -0.2) is 16.0 Å². The molecule has 1 heterocycles. The number of anilines is 1. The summed E-state index contributed by atoms with van der Waals surface area (Å²) in [5.74, 6) is 1.89. The molecule has 2 atom stereocenters. The van der Waals surface area contributed by atoms with E-state index in [4.69, 9.17) is 0 Å². The molecule has 1 saturated carbocycles. The zero-order valence-corrected chi connectivity index (χ0v) is 11.8. The molecule has 0 saturated heterocycles. The van der Waals surface area contributed by atoms with E-state index in [1.165, 1.54) is 32.1 Å². The molecule has 1 fully saturated rings. The summed E-state index contributed by atoms with van der Waals surface area (Å²) in [5, 5.41) is 3.55. The molecule has 0 amide bonds. The highest BCUT2D eigenvalue weighted by atomic mass is 127. The molecular weight excluding hydrogens is 313 g/mol. The maximum atomic E-state index is 4.29. The second-order valence-electron chi connectivity index (χ2n) is 4.50. The number of aromatic nitrogens is 2. The van der Waals surface area contributed by atoms with E-state index in [0.29, 0.717) is 6.04 Å². The summed E-state index contributed by atoms with van der Waals surface area (Å²) in [4.78, 5) is 8.30. The first kappa shape index (κ1) is 12.1. The second-order valence-corrected chi connectivity index (χ2v) is 5.66.